The molecule has 0 unspecified atom stereocenters. The van der Waals surface area contributed by atoms with Gasteiger partial charge in [0.15, 0.2) is 0 Å². The standard InChI is InChI=1S/C4H10N4.CH3Cl/c1-6-3-2-4-7-8-5;1-2/h6H,2-4H2,1H3;1H3. The molecule has 0 spiro atoms. The average Bonchev–Trinajstić information content (AvgIpc) is 2.02. The van der Waals surface area contributed by atoms with Crippen LogP contribution in [-0.2, 0) is 0 Å². The Bertz CT molecular complexity index is 89.6. The summed E-state index contributed by atoms with van der Waals surface area (Å²) in [5, 5.41) is 6.29. The van der Waals surface area contributed by atoms with Gasteiger partial charge in [-0.05, 0) is 25.5 Å². The lowest BCUT2D eigenvalue weighted by atomic mass is 10.4. The largest absolute Gasteiger partial charge is 0.320 e. The monoisotopic (exact) mass is 164 g/mol. The van der Waals surface area contributed by atoms with E-state index in [0.717, 1.165) is 13.0 Å². The van der Waals surface area contributed by atoms with Crippen LogP contribution in [-0.4, -0.2) is 26.5 Å². The van der Waals surface area contributed by atoms with Gasteiger partial charge < -0.3 is 5.32 Å². The Balaban J connectivity index is 0. The normalized spacial score (nSPS) is 7.10. The van der Waals surface area contributed by atoms with Crippen LogP contribution in [0.2, 0.25) is 0 Å². The van der Waals surface area contributed by atoms with Gasteiger partial charge in [-0.25, -0.2) is 0 Å². The molecule has 5 heteroatoms. The van der Waals surface area contributed by atoms with Crippen molar-refractivity contribution in [3.05, 3.63) is 10.4 Å². The van der Waals surface area contributed by atoms with E-state index < -0.39 is 0 Å². The van der Waals surface area contributed by atoms with Crippen LogP contribution in [0.15, 0.2) is 5.11 Å². The van der Waals surface area contributed by atoms with E-state index in [2.05, 4.69) is 26.9 Å². The van der Waals surface area contributed by atoms with Gasteiger partial charge in [0, 0.05) is 17.8 Å². The number of nitrogens with zero attached hydrogens (tertiary/aromatic N) is 3. The molecule has 0 heterocycles. The minimum absolute atomic E-state index is 0.595. The van der Waals surface area contributed by atoms with Gasteiger partial charge in [-0.3, -0.25) is 0 Å². The first kappa shape index (κ1) is 12.3. The number of alkyl halides is 1. The zero-order valence-electron chi connectivity index (χ0n) is 6.34. The molecule has 60 valence electrons. The van der Waals surface area contributed by atoms with Crippen LogP contribution in [0, 0.1) is 0 Å². The molecule has 0 radical (unpaired) electrons. The number of hydrogen-bond acceptors (Lipinski definition) is 2. The molecule has 0 saturated heterocycles. The van der Waals surface area contributed by atoms with E-state index in [0.29, 0.717) is 6.54 Å². The summed E-state index contributed by atoms with van der Waals surface area (Å²) in [6.07, 6.45) is 2.39. The Kier molecular flexibility index (Phi) is 19.4. The molecule has 0 aromatic carbocycles. The average molecular weight is 165 g/mol. The van der Waals surface area contributed by atoms with Crippen molar-refractivity contribution in [2.45, 2.75) is 6.42 Å². The molecule has 0 aliphatic rings. The van der Waals surface area contributed by atoms with Gasteiger partial charge >= 0.3 is 0 Å². The first-order valence-electron chi connectivity index (χ1n) is 2.95. The molecule has 0 fully saturated rings. The Morgan fingerprint density at radius 1 is 1.60 bits per heavy atom. The zero-order valence-corrected chi connectivity index (χ0v) is 7.10. The van der Waals surface area contributed by atoms with E-state index in [-0.39, 0.29) is 0 Å². The third-order valence-electron chi connectivity index (χ3n) is 0.748. The van der Waals surface area contributed by atoms with Gasteiger partial charge in [0.05, 0.1) is 0 Å². The summed E-state index contributed by atoms with van der Waals surface area (Å²) in [4.78, 5) is 2.60. The zero-order chi connectivity index (χ0) is 8.24. The molecule has 10 heavy (non-hydrogen) atoms. The minimum atomic E-state index is 0.595. The number of halogens is 1. The van der Waals surface area contributed by atoms with E-state index in [1.54, 1.807) is 0 Å². The third kappa shape index (κ3) is 15.6. The fourth-order valence-corrected chi connectivity index (χ4v) is 0.371. The lowest BCUT2D eigenvalue weighted by Crippen LogP contribution is -2.07. The van der Waals surface area contributed by atoms with Gasteiger partial charge in [0.25, 0.3) is 0 Å². The van der Waals surface area contributed by atoms with Crippen LogP contribution in [0.1, 0.15) is 6.42 Å². The van der Waals surface area contributed by atoms with E-state index in [9.17, 15) is 0 Å². The van der Waals surface area contributed by atoms with Crippen molar-refractivity contribution in [2.75, 3.05) is 26.5 Å². The minimum Gasteiger partial charge on any atom is -0.320 e. The lowest BCUT2D eigenvalue weighted by Gasteiger charge is -1.90. The number of hydrogen-bond donors (Lipinski definition) is 1. The second-order valence-electron chi connectivity index (χ2n) is 1.41. The molecular weight excluding hydrogens is 152 g/mol. The molecule has 4 nitrogen and oxygen atoms in total. The SMILES string of the molecule is CCl.CNCCCN=[N+]=[N-]. The molecule has 0 bridgehead atoms. The third-order valence-corrected chi connectivity index (χ3v) is 0.748. The van der Waals surface area contributed by atoms with Crippen LogP contribution >= 0.6 is 11.6 Å². The lowest BCUT2D eigenvalue weighted by molar-refractivity contribution is 0.731. The van der Waals surface area contributed by atoms with E-state index >= 15 is 0 Å². The van der Waals surface area contributed by atoms with Crippen molar-refractivity contribution in [3.63, 3.8) is 0 Å². The van der Waals surface area contributed by atoms with Gasteiger partial charge in [0.1, 0.15) is 0 Å². The van der Waals surface area contributed by atoms with Crippen molar-refractivity contribution >= 4 is 11.6 Å². The van der Waals surface area contributed by atoms with Crippen LogP contribution in [0.5, 0.6) is 0 Å². The molecule has 0 aromatic rings. The predicted octanol–water partition coefficient (Wildman–Crippen LogP) is 1.76. The fraction of sp³-hybridized carbons (Fsp3) is 1.00. The van der Waals surface area contributed by atoms with Gasteiger partial charge in [-0.2, -0.15) is 0 Å². The Morgan fingerprint density at radius 2 is 2.20 bits per heavy atom. The molecule has 0 aliphatic carbocycles. The first-order chi connectivity index (χ1) is 4.91. The second-order valence-corrected chi connectivity index (χ2v) is 1.41. The highest BCUT2D eigenvalue weighted by atomic mass is 35.5. The molecular formula is C5H13ClN4. The van der Waals surface area contributed by atoms with E-state index in [4.69, 9.17) is 5.53 Å². The maximum atomic E-state index is 7.80. The topological polar surface area (TPSA) is 60.8 Å². The number of nitrogens with one attached hydrogen (secondary N) is 1. The molecule has 0 aromatic heterocycles. The van der Waals surface area contributed by atoms with Crippen molar-refractivity contribution in [2.24, 2.45) is 5.11 Å². The molecule has 0 atom stereocenters. The van der Waals surface area contributed by atoms with Crippen molar-refractivity contribution < 1.29 is 0 Å². The predicted molar refractivity (Wildman–Crippen MR) is 44.3 cm³/mol. The molecule has 0 rings (SSSR count). The Morgan fingerprint density at radius 3 is 2.60 bits per heavy atom. The Labute approximate surface area is 66.2 Å². The molecule has 0 aliphatic heterocycles. The number of azide groups is 1. The summed E-state index contributed by atoms with van der Waals surface area (Å²) in [5.41, 5.74) is 7.80. The van der Waals surface area contributed by atoms with Crippen LogP contribution in [0.3, 0.4) is 0 Å². The van der Waals surface area contributed by atoms with Gasteiger partial charge in [0.2, 0.25) is 0 Å². The summed E-state index contributed by atoms with van der Waals surface area (Å²) >= 11 is 4.64. The molecule has 1 N–H and O–H groups in total. The quantitative estimate of drug-likeness (QED) is 0.222. The fourth-order valence-electron chi connectivity index (χ4n) is 0.371. The van der Waals surface area contributed by atoms with Crippen LogP contribution in [0.25, 0.3) is 10.4 Å². The summed E-state index contributed by atoms with van der Waals surface area (Å²) in [5.74, 6) is 0. The van der Waals surface area contributed by atoms with Gasteiger partial charge in [-0.15, -0.1) is 11.6 Å². The van der Waals surface area contributed by atoms with Crippen LogP contribution in [0.4, 0.5) is 0 Å². The van der Waals surface area contributed by atoms with E-state index in [1.165, 1.54) is 6.38 Å². The van der Waals surface area contributed by atoms with Crippen molar-refractivity contribution in [3.8, 4) is 0 Å². The smallest absolute Gasteiger partial charge is 0.0269 e. The highest BCUT2D eigenvalue weighted by Crippen LogP contribution is 1.76. The summed E-state index contributed by atoms with van der Waals surface area (Å²) < 4.78 is 0. The van der Waals surface area contributed by atoms with Gasteiger partial charge in [-0.1, -0.05) is 5.11 Å². The summed E-state index contributed by atoms with van der Waals surface area (Å²) in [7, 11) is 1.87. The first-order valence-corrected chi connectivity index (χ1v) is 3.70. The molecule has 0 amide bonds. The maximum Gasteiger partial charge on any atom is 0.0269 e. The number of rotatable bonds is 4. The van der Waals surface area contributed by atoms with Crippen molar-refractivity contribution in [1.29, 1.82) is 0 Å². The summed E-state index contributed by atoms with van der Waals surface area (Å²) in [6.45, 7) is 1.51. The van der Waals surface area contributed by atoms with E-state index in [1.807, 2.05) is 7.05 Å². The van der Waals surface area contributed by atoms with Crippen molar-refractivity contribution in [1.82, 2.24) is 5.32 Å². The maximum absolute atomic E-state index is 7.80. The Hall–Kier alpha value is -0.440. The molecule has 0 saturated carbocycles. The summed E-state index contributed by atoms with van der Waals surface area (Å²) in [6, 6.07) is 0. The second kappa shape index (κ2) is 15.8. The highest BCUT2D eigenvalue weighted by molar-refractivity contribution is 6.15. The van der Waals surface area contributed by atoms with Crippen LogP contribution < -0.4 is 5.32 Å². The highest BCUT2D eigenvalue weighted by Gasteiger charge is 1.77.